The summed E-state index contributed by atoms with van der Waals surface area (Å²) < 4.78 is 2.19. The Morgan fingerprint density at radius 3 is 2.42 bits per heavy atom. The molecule has 0 N–H and O–H groups in total. The van der Waals surface area contributed by atoms with E-state index < -0.39 is 0 Å². The molecule has 0 atom stereocenters. The lowest BCUT2D eigenvalue weighted by atomic mass is 9.96. The zero-order chi connectivity index (χ0) is 14.0. The fourth-order valence-corrected chi connectivity index (χ4v) is 2.55. The van der Waals surface area contributed by atoms with E-state index in [1.807, 2.05) is 0 Å². The van der Waals surface area contributed by atoms with Gasteiger partial charge in [0.2, 0.25) is 5.69 Å². The minimum Gasteiger partial charge on any atom is -0.201 e. The van der Waals surface area contributed by atoms with Crippen LogP contribution in [-0.4, -0.2) is 0 Å². The third kappa shape index (κ3) is 3.23. The van der Waals surface area contributed by atoms with Gasteiger partial charge in [-0.05, 0) is 48.9 Å². The Balaban J connectivity index is 2.43. The van der Waals surface area contributed by atoms with Gasteiger partial charge in [-0.1, -0.05) is 26.0 Å². The lowest BCUT2D eigenvalue weighted by molar-refractivity contribution is -0.660. The Kier molecular flexibility index (Phi) is 4.04. The second kappa shape index (κ2) is 5.56. The van der Waals surface area contributed by atoms with Crippen molar-refractivity contribution in [2.45, 2.75) is 34.1 Å². The molecule has 0 aliphatic rings. The molecule has 1 nitrogen and oxygen atoms in total. The minimum absolute atomic E-state index is 0.709. The van der Waals surface area contributed by atoms with Crippen LogP contribution in [0.3, 0.4) is 0 Å². The zero-order valence-electron chi connectivity index (χ0n) is 12.7. The number of aromatic nitrogens is 1. The van der Waals surface area contributed by atoms with E-state index in [-0.39, 0.29) is 0 Å². The highest BCUT2D eigenvalue weighted by atomic mass is 14.9. The van der Waals surface area contributed by atoms with Crippen LogP contribution >= 0.6 is 0 Å². The first-order valence-corrected chi connectivity index (χ1v) is 7.03. The summed E-state index contributed by atoms with van der Waals surface area (Å²) in [4.78, 5) is 0. The largest absolute Gasteiger partial charge is 0.212 e. The van der Waals surface area contributed by atoms with Gasteiger partial charge in [0.25, 0.3) is 0 Å². The molecule has 0 amide bonds. The van der Waals surface area contributed by atoms with E-state index in [4.69, 9.17) is 0 Å². The molecule has 0 unspecified atom stereocenters. The van der Waals surface area contributed by atoms with Crippen LogP contribution in [0.15, 0.2) is 36.5 Å². The Morgan fingerprint density at radius 1 is 1.05 bits per heavy atom. The van der Waals surface area contributed by atoms with Crippen molar-refractivity contribution >= 4 is 0 Å². The molecule has 0 saturated carbocycles. The molecule has 0 aliphatic heterocycles. The minimum atomic E-state index is 0.709. The van der Waals surface area contributed by atoms with E-state index in [9.17, 15) is 0 Å². The molecule has 19 heavy (non-hydrogen) atoms. The van der Waals surface area contributed by atoms with Crippen LogP contribution in [0.1, 0.15) is 30.5 Å². The van der Waals surface area contributed by atoms with Gasteiger partial charge in [0, 0.05) is 17.7 Å². The summed E-state index contributed by atoms with van der Waals surface area (Å²) in [6.07, 6.45) is 3.28. The Labute approximate surface area is 116 Å². The average Bonchev–Trinajstić information content (AvgIpc) is 2.32. The number of hydrogen-bond donors (Lipinski definition) is 0. The molecule has 100 valence electrons. The van der Waals surface area contributed by atoms with Gasteiger partial charge in [0.15, 0.2) is 6.20 Å². The van der Waals surface area contributed by atoms with Crippen molar-refractivity contribution in [1.82, 2.24) is 0 Å². The fraction of sp³-hybridized carbons (Fsp3) is 0.389. The Morgan fingerprint density at radius 2 is 1.79 bits per heavy atom. The Hall–Kier alpha value is -1.63. The van der Waals surface area contributed by atoms with Gasteiger partial charge in [-0.25, -0.2) is 4.57 Å². The molecule has 1 aromatic heterocycles. The molecule has 0 fully saturated rings. The summed E-state index contributed by atoms with van der Waals surface area (Å²) in [6.45, 7) is 8.89. The van der Waals surface area contributed by atoms with Gasteiger partial charge in [0.05, 0.1) is 0 Å². The standard InChI is InChI=1S/C18H24N/c1-13(2)10-16-6-7-17(15(4)12-16)18-11-14(3)8-9-19(18)5/h6-9,11-13H,10H2,1-5H3/q+1. The molecule has 2 aromatic rings. The molecule has 1 heteroatoms. The van der Waals surface area contributed by atoms with Crippen LogP contribution in [0.25, 0.3) is 11.3 Å². The van der Waals surface area contributed by atoms with Crippen LogP contribution in [-0.2, 0) is 13.5 Å². The maximum atomic E-state index is 2.33. The highest BCUT2D eigenvalue weighted by Crippen LogP contribution is 2.23. The van der Waals surface area contributed by atoms with E-state index >= 15 is 0 Å². The van der Waals surface area contributed by atoms with Gasteiger partial charge in [-0.15, -0.1) is 0 Å². The third-order valence-corrected chi connectivity index (χ3v) is 3.52. The summed E-state index contributed by atoms with van der Waals surface area (Å²) in [7, 11) is 2.11. The zero-order valence-corrected chi connectivity index (χ0v) is 12.7. The van der Waals surface area contributed by atoms with Crippen LogP contribution in [0.4, 0.5) is 0 Å². The predicted octanol–water partition coefficient (Wildman–Crippen LogP) is 3.99. The second-order valence-electron chi connectivity index (χ2n) is 5.95. The van der Waals surface area contributed by atoms with Crippen molar-refractivity contribution in [2.75, 3.05) is 0 Å². The number of aryl methyl sites for hydroxylation is 3. The van der Waals surface area contributed by atoms with Crippen molar-refractivity contribution in [3.63, 3.8) is 0 Å². The second-order valence-corrected chi connectivity index (χ2v) is 5.95. The topological polar surface area (TPSA) is 3.88 Å². The first-order valence-electron chi connectivity index (χ1n) is 7.03. The molecule has 0 saturated heterocycles. The normalized spacial score (nSPS) is 11.1. The summed E-state index contributed by atoms with van der Waals surface area (Å²) in [5.41, 5.74) is 6.72. The predicted molar refractivity (Wildman–Crippen MR) is 81.1 cm³/mol. The van der Waals surface area contributed by atoms with E-state index in [1.165, 1.54) is 27.9 Å². The van der Waals surface area contributed by atoms with Crippen molar-refractivity contribution in [1.29, 1.82) is 0 Å². The van der Waals surface area contributed by atoms with Crippen LogP contribution in [0, 0.1) is 19.8 Å². The van der Waals surface area contributed by atoms with Gasteiger partial charge in [-0.2, -0.15) is 0 Å². The van der Waals surface area contributed by atoms with Crippen molar-refractivity contribution < 1.29 is 4.57 Å². The molecular weight excluding hydrogens is 230 g/mol. The Bertz CT molecular complexity index is 582. The maximum absolute atomic E-state index is 2.33. The number of benzene rings is 1. The number of hydrogen-bond acceptors (Lipinski definition) is 0. The van der Waals surface area contributed by atoms with Gasteiger partial charge < -0.3 is 0 Å². The van der Waals surface area contributed by atoms with E-state index in [1.54, 1.807) is 0 Å². The summed E-state index contributed by atoms with van der Waals surface area (Å²) in [5.74, 6) is 0.709. The van der Waals surface area contributed by atoms with E-state index in [2.05, 4.69) is 75.8 Å². The fourth-order valence-electron chi connectivity index (χ4n) is 2.55. The molecule has 0 radical (unpaired) electrons. The van der Waals surface area contributed by atoms with E-state index in [0.29, 0.717) is 5.92 Å². The van der Waals surface area contributed by atoms with Gasteiger partial charge in [0.1, 0.15) is 7.05 Å². The number of nitrogens with zero attached hydrogens (tertiary/aromatic N) is 1. The van der Waals surface area contributed by atoms with Crippen molar-refractivity contribution in [3.8, 4) is 11.3 Å². The molecule has 1 aromatic carbocycles. The number of pyridine rings is 1. The number of rotatable bonds is 3. The quantitative estimate of drug-likeness (QED) is 0.729. The van der Waals surface area contributed by atoms with Crippen LogP contribution in [0.5, 0.6) is 0 Å². The summed E-state index contributed by atoms with van der Waals surface area (Å²) in [6, 6.07) is 11.3. The highest BCUT2D eigenvalue weighted by molar-refractivity contribution is 5.62. The summed E-state index contributed by atoms with van der Waals surface area (Å²) >= 11 is 0. The molecule has 0 spiro atoms. The smallest absolute Gasteiger partial charge is 0.201 e. The third-order valence-electron chi connectivity index (χ3n) is 3.52. The van der Waals surface area contributed by atoms with E-state index in [0.717, 1.165) is 6.42 Å². The summed E-state index contributed by atoms with van der Waals surface area (Å²) in [5, 5.41) is 0. The SMILES string of the molecule is Cc1cc[n+](C)c(-c2ccc(CC(C)C)cc2C)c1. The average molecular weight is 254 g/mol. The monoisotopic (exact) mass is 254 g/mol. The lowest BCUT2D eigenvalue weighted by Gasteiger charge is -2.09. The van der Waals surface area contributed by atoms with Crippen molar-refractivity contribution in [2.24, 2.45) is 13.0 Å². The molecule has 0 bridgehead atoms. The van der Waals surface area contributed by atoms with Crippen molar-refractivity contribution in [3.05, 3.63) is 53.2 Å². The molecule has 0 aliphatic carbocycles. The lowest BCUT2D eigenvalue weighted by Crippen LogP contribution is -2.30. The first kappa shape index (κ1) is 13.8. The molecule has 1 heterocycles. The van der Waals surface area contributed by atoms with Gasteiger partial charge in [-0.3, -0.25) is 0 Å². The van der Waals surface area contributed by atoms with Gasteiger partial charge >= 0.3 is 0 Å². The maximum Gasteiger partial charge on any atom is 0.212 e. The molecular formula is C18H24N+. The molecule has 2 rings (SSSR count). The van der Waals surface area contributed by atoms with Crippen LogP contribution in [0.2, 0.25) is 0 Å². The van der Waals surface area contributed by atoms with Crippen LogP contribution < -0.4 is 4.57 Å². The first-order chi connectivity index (χ1) is 8.97. The highest BCUT2D eigenvalue weighted by Gasteiger charge is 2.12.